The first kappa shape index (κ1) is 41.8. The van der Waals surface area contributed by atoms with E-state index in [1.54, 1.807) is 6.07 Å². The van der Waals surface area contributed by atoms with Crippen molar-refractivity contribution in [1.82, 2.24) is 18.7 Å². The molecule has 7 heteroatoms. The van der Waals surface area contributed by atoms with Gasteiger partial charge < -0.3 is 13.6 Å². The number of aromatic nitrogens is 4. The molecule has 0 aliphatic rings. The van der Waals surface area contributed by atoms with Crippen molar-refractivity contribution in [2.75, 3.05) is 0 Å². The van der Waals surface area contributed by atoms with Crippen LogP contribution in [0, 0.1) is 17.9 Å². The van der Waals surface area contributed by atoms with Gasteiger partial charge in [0.15, 0.2) is 17.0 Å². The van der Waals surface area contributed by atoms with Gasteiger partial charge in [0.2, 0.25) is 0 Å². The number of hydrogen-bond donors (Lipinski definition) is 0. The Morgan fingerprint density at radius 2 is 1.20 bits per heavy atom. The fourth-order valence-electron chi connectivity index (χ4n) is 10.7. The van der Waals surface area contributed by atoms with Gasteiger partial charge in [0.25, 0.3) is 0 Å². The summed E-state index contributed by atoms with van der Waals surface area (Å²) in [7, 11) is 0. The van der Waals surface area contributed by atoms with Gasteiger partial charge >= 0.3 is 0 Å². The smallest absolute Gasteiger partial charge is 0.187 e. The van der Waals surface area contributed by atoms with E-state index in [4.69, 9.17) is 16.0 Å². The van der Waals surface area contributed by atoms with Crippen molar-refractivity contribution < 1.29 is 4.42 Å². The van der Waals surface area contributed by atoms with Crippen LogP contribution in [-0.4, -0.2) is 18.7 Å². The average molecular weight is 893 g/mol. The topological polar surface area (TPSA) is 69.0 Å². The highest BCUT2D eigenvalue weighted by Gasteiger charge is 2.24. The highest BCUT2D eigenvalue weighted by atomic mass is 16.3. The Bertz CT molecular complexity index is 4130. The van der Waals surface area contributed by atoms with Crippen LogP contribution in [0.4, 0.5) is 5.69 Å². The number of para-hydroxylation sites is 3. The highest BCUT2D eigenvalue weighted by Crippen LogP contribution is 2.43. The van der Waals surface area contributed by atoms with Crippen molar-refractivity contribution in [2.45, 2.75) is 59.3 Å². The first-order valence-electron chi connectivity index (χ1n) is 23.8. The van der Waals surface area contributed by atoms with Gasteiger partial charge in [0.05, 0.1) is 40.0 Å². The van der Waals surface area contributed by atoms with Gasteiger partial charge in [-0.05, 0) is 124 Å². The van der Waals surface area contributed by atoms with Crippen LogP contribution in [0.25, 0.3) is 110 Å². The van der Waals surface area contributed by atoms with Gasteiger partial charge in [-0.3, -0.25) is 4.57 Å². The van der Waals surface area contributed by atoms with Gasteiger partial charge in [0, 0.05) is 49.8 Å². The van der Waals surface area contributed by atoms with Crippen LogP contribution < -0.4 is 0 Å². The second-order valence-electron chi connectivity index (χ2n) is 19.2. The largest absolute Gasteiger partial charge is 0.454 e. The number of nitrogens with zero attached hydrogens (tertiary/aromatic N) is 6. The Hall–Kier alpha value is -8.65. The third-order valence-corrected chi connectivity index (χ3v) is 14.0. The molecule has 7 nitrogen and oxygen atoms in total. The van der Waals surface area contributed by atoms with E-state index in [0.717, 1.165) is 88.9 Å². The Morgan fingerprint density at radius 3 is 1.91 bits per heavy atom. The summed E-state index contributed by atoms with van der Waals surface area (Å²) in [5, 5.41) is 17.1. The molecule has 8 aromatic carbocycles. The number of benzene rings is 8. The molecule has 0 radical (unpaired) electrons. The molecule has 12 rings (SSSR count). The predicted molar refractivity (Wildman–Crippen MR) is 284 cm³/mol. The molecule has 0 saturated carbocycles. The minimum absolute atomic E-state index is 0.156. The third kappa shape index (κ3) is 6.57. The van der Waals surface area contributed by atoms with E-state index >= 15 is 0 Å². The molecule has 4 heterocycles. The first-order valence-corrected chi connectivity index (χ1v) is 23.8. The summed E-state index contributed by atoms with van der Waals surface area (Å²) >= 11 is 0. The van der Waals surface area contributed by atoms with Crippen LogP contribution in [0.3, 0.4) is 0 Å². The lowest BCUT2D eigenvalue weighted by atomic mass is 9.88. The standard InChI is InChI=1S/C62H48N6O/c1-36(2)39-22-25-57-51(29-39)47-17-9-11-20-55(47)68(57)58-21-13-18-48-53-33-45(24-27-59(53)69-61(48)58)67-54-19-10-8-16-46(54)52-30-40(23-26-56(52)67)42-31-49(37(3)4)60(50(32-42)38(5)6)66-35-44(34-63)65-62(66)41-14-12-15-43(28-41)64-7/h8-33,35-38H,1-6H3. The van der Waals surface area contributed by atoms with Gasteiger partial charge in [-0.15, -0.1) is 0 Å². The maximum absolute atomic E-state index is 10.1. The lowest BCUT2D eigenvalue weighted by Gasteiger charge is -2.24. The molecule has 0 spiro atoms. The molecule has 0 amide bonds. The van der Waals surface area contributed by atoms with Crippen molar-refractivity contribution >= 4 is 71.2 Å². The summed E-state index contributed by atoms with van der Waals surface area (Å²) in [5.41, 5.74) is 17.0. The summed E-state index contributed by atoms with van der Waals surface area (Å²) < 4.78 is 13.7. The van der Waals surface area contributed by atoms with E-state index in [0.29, 0.717) is 23.1 Å². The predicted octanol–water partition coefficient (Wildman–Crippen LogP) is 17.1. The Morgan fingerprint density at radius 1 is 0.551 bits per heavy atom. The zero-order valence-corrected chi connectivity index (χ0v) is 39.4. The molecule has 0 bridgehead atoms. The molecule has 69 heavy (non-hydrogen) atoms. The van der Waals surface area contributed by atoms with Crippen LogP contribution >= 0.6 is 0 Å². The zero-order valence-electron chi connectivity index (χ0n) is 39.4. The molecule has 0 fully saturated rings. The van der Waals surface area contributed by atoms with Crippen LogP contribution in [0.5, 0.6) is 0 Å². The van der Waals surface area contributed by atoms with E-state index < -0.39 is 0 Å². The SMILES string of the molecule is [C-]#[N+]c1cccc(-c2nc(C#N)cn2-c2c(C(C)C)cc(-c3ccc4c(c3)c3ccccc3n4-c3ccc4oc5c(-n6c7ccccc7c7cc(C(C)C)ccc76)cccc5c4c3)cc2C(C)C)c1. The lowest BCUT2D eigenvalue weighted by Crippen LogP contribution is -2.08. The molecule has 0 saturated heterocycles. The molecule has 0 atom stereocenters. The number of rotatable bonds is 8. The van der Waals surface area contributed by atoms with Gasteiger partial charge in [-0.25, -0.2) is 9.83 Å². The number of furan rings is 1. The molecule has 4 aromatic heterocycles. The summed E-state index contributed by atoms with van der Waals surface area (Å²) in [6.45, 7) is 21.0. The van der Waals surface area contributed by atoms with Gasteiger partial charge in [-0.2, -0.15) is 5.26 Å². The summed E-state index contributed by atoms with van der Waals surface area (Å²) in [5.74, 6) is 1.39. The van der Waals surface area contributed by atoms with Crippen molar-refractivity contribution in [1.29, 1.82) is 5.26 Å². The minimum Gasteiger partial charge on any atom is -0.454 e. The van der Waals surface area contributed by atoms with Gasteiger partial charge in [-0.1, -0.05) is 120 Å². The van der Waals surface area contributed by atoms with E-state index in [1.165, 1.54) is 27.1 Å². The fourth-order valence-corrected chi connectivity index (χ4v) is 10.7. The first-order chi connectivity index (χ1) is 33.6. The van der Waals surface area contributed by atoms with Crippen molar-refractivity contribution in [3.63, 3.8) is 0 Å². The molecule has 332 valence electrons. The van der Waals surface area contributed by atoms with Crippen molar-refractivity contribution in [3.05, 3.63) is 198 Å². The Labute approximate surface area is 400 Å². The fraction of sp³-hybridized carbons (Fsp3) is 0.145. The van der Waals surface area contributed by atoms with Crippen molar-refractivity contribution in [2.24, 2.45) is 0 Å². The molecule has 0 aliphatic carbocycles. The van der Waals surface area contributed by atoms with Crippen molar-refractivity contribution in [3.8, 4) is 45.6 Å². The molecule has 0 aliphatic heterocycles. The molecular formula is C62H48N6O. The summed E-state index contributed by atoms with van der Waals surface area (Å²) in [6.07, 6.45) is 1.84. The second-order valence-corrected chi connectivity index (χ2v) is 19.2. The summed E-state index contributed by atoms with van der Waals surface area (Å²) in [6, 6.07) is 58.6. The maximum atomic E-state index is 10.1. The lowest BCUT2D eigenvalue weighted by molar-refractivity contribution is 0.666. The molecule has 0 N–H and O–H groups in total. The maximum Gasteiger partial charge on any atom is 0.187 e. The highest BCUT2D eigenvalue weighted by molar-refractivity contribution is 6.14. The zero-order chi connectivity index (χ0) is 47.2. The number of hydrogen-bond acceptors (Lipinski definition) is 3. The number of imidazole rings is 1. The molecule has 12 aromatic rings. The van der Waals surface area contributed by atoms with E-state index in [9.17, 15) is 5.26 Å². The summed E-state index contributed by atoms with van der Waals surface area (Å²) in [4.78, 5) is 8.46. The second kappa shape index (κ2) is 16.0. The monoisotopic (exact) mass is 892 g/mol. The minimum atomic E-state index is 0.156. The van der Waals surface area contributed by atoms with Crippen LogP contribution in [0.2, 0.25) is 0 Å². The normalized spacial score (nSPS) is 12.0. The van der Waals surface area contributed by atoms with E-state index in [1.807, 2.05) is 24.4 Å². The van der Waals surface area contributed by atoms with E-state index in [-0.39, 0.29) is 11.8 Å². The Balaban J connectivity index is 1.00. The number of fused-ring (bicyclic) bond motifs is 9. The quantitative estimate of drug-likeness (QED) is 0.143. The number of nitriles is 1. The third-order valence-electron chi connectivity index (χ3n) is 14.0. The Kier molecular flexibility index (Phi) is 9.69. The van der Waals surface area contributed by atoms with Gasteiger partial charge in [0.1, 0.15) is 17.5 Å². The van der Waals surface area contributed by atoms with E-state index in [2.05, 4.69) is 200 Å². The molecular weight excluding hydrogens is 845 g/mol. The van der Waals surface area contributed by atoms with Crippen LogP contribution in [0.1, 0.15) is 81.7 Å². The van der Waals surface area contributed by atoms with Crippen LogP contribution in [-0.2, 0) is 0 Å². The van der Waals surface area contributed by atoms with Crippen LogP contribution in [0.15, 0.2) is 168 Å². The average Bonchev–Trinajstić information content (AvgIpc) is 4.15. The molecule has 0 unspecified atom stereocenters.